The predicted octanol–water partition coefficient (Wildman–Crippen LogP) is 2.25. The Morgan fingerprint density at radius 1 is 1.21 bits per heavy atom. The molecule has 4 nitrogen and oxygen atoms in total. The molecular weight excluding hydrogens is 240 g/mol. The van der Waals surface area contributed by atoms with Gasteiger partial charge in [-0.25, -0.2) is 4.79 Å². The van der Waals surface area contributed by atoms with Gasteiger partial charge >= 0.3 is 5.69 Å². The highest BCUT2D eigenvalue weighted by molar-refractivity contribution is 5.96. The van der Waals surface area contributed by atoms with Crippen molar-refractivity contribution < 1.29 is 4.79 Å². The Hall–Kier alpha value is -2.10. The first-order valence-electron chi connectivity index (χ1n) is 6.47. The molecule has 4 heteroatoms. The fourth-order valence-corrected chi connectivity index (χ4v) is 2.05. The quantitative estimate of drug-likeness (QED) is 0.772. The molecule has 0 aliphatic rings. The van der Waals surface area contributed by atoms with E-state index in [9.17, 15) is 9.59 Å². The lowest BCUT2D eigenvalue weighted by Crippen LogP contribution is -2.26. The standard InChI is InChI=1S/C15H18N2O2/c1-3-7-16-8-9-17(15(16)19)11-14(18)13-6-4-5-12(2)10-13/h4-6,8-10H,3,7,11H2,1-2H3. The average Bonchev–Trinajstić information content (AvgIpc) is 2.72. The van der Waals surface area contributed by atoms with Crippen molar-refractivity contribution >= 4 is 5.78 Å². The van der Waals surface area contributed by atoms with Gasteiger partial charge < -0.3 is 0 Å². The molecule has 2 aromatic rings. The molecule has 1 aromatic heterocycles. The Balaban J connectivity index is 2.17. The van der Waals surface area contributed by atoms with Crippen LogP contribution in [0.3, 0.4) is 0 Å². The number of rotatable bonds is 5. The van der Waals surface area contributed by atoms with Crippen LogP contribution in [0.1, 0.15) is 29.3 Å². The van der Waals surface area contributed by atoms with E-state index >= 15 is 0 Å². The van der Waals surface area contributed by atoms with Gasteiger partial charge in [0.1, 0.15) is 0 Å². The minimum Gasteiger partial charge on any atom is -0.299 e. The second-order valence-corrected chi connectivity index (χ2v) is 4.69. The van der Waals surface area contributed by atoms with Gasteiger partial charge in [0.25, 0.3) is 0 Å². The van der Waals surface area contributed by atoms with E-state index in [1.807, 2.05) is 32.0 Å². The molecule has 0 N–H and O–H groups in total. The lowest BCUT2D eigenvalue weighted by Gasteiger charge is -2.03. The number of aryl methyl sites for hydroxylation is 2. The van der Waals surface area contributed by atoms with Crippen molar-refractivity contribution in [2.24, 2.45) is 0 Å². The smallest absolute Gasteiger partial charge is 0.299 e. The monoisotopic (exact) mass is 258 g/mol. The highest BCUT2D eigenvalue weighted by Gasteiger charge is 2.09. The van der Waals surface area contributed by atoms with Crippen LogP contribution in [-0.2, 0) is 13.1 Å². The second kappa shape index (κ2) is 5.69. The van der Waals surface area contributed by atoms with Crippen LogP contribution >= 0.6 is 0 Å². The number of benzene rings is 1. The molecule has 0 bridgehead atoms. The molecule has 0 radical (unpaired) electrons. The summed E-state index contributed by atoms with van der Waals surface area (Å²) in [6, 6.07) is 7.42. The van der Waals surface area contributed by atoms with Crippen LogP contribution in [0.5, 0.6) is 0 Å². The van der Waals surface area contributed by atoms with E-state index in [1.54, 1.807) is 23.0 Å². The van der Waals surface area contributed by atoms with Gasteiger partial charge in [-0.2, -0.15) is 0 Å². The van der Waals surface area contributed by atoms with Gasteiger partial charge in [-0.05, 0) is 19.4 Å². The van der Waals surface area contributed by atoms with Gasteiger partial charge in [-0.1, -0.05) is 30.7 Å². The van der Waals surface area contributed by atoms with E-state index in [1.165, 1.54) is 4.57 Å². The molecule has 0 saturated carbocycles. The number of carbonyl (C=O) groups excluding carboxylic acids is 1. The summed E-state index contributed by atoms with van der Waals surface area (Å²) in [6.45, 7) is 4.74. The molecule has 0 fully saturated rings. The van der Waals surface area contributed by atoms with Crippen molar-refractivity contribution in [2.75, 3.05) is 0 Å². The first-order chi connectivity index (χ1) is 9.11. The Kier molecular flexibility index (Phi) is 4.00. The summed E-state index contributed by atoms with van der Waals surface area (Å²) in [5.41, 5.74) is 1.57. The number of aromatic nitrogens is 2. The molecule has 2 rings (SSSR count). The lowest BCUT2D eigenvalue weighted by molar-refractivity contribution is 0.0970. The number of hydrogen-bond donors (Lipinski definition) is 0. The minimum absolute atomic E-state index is 0.0416. The molecule has 19 heavy (non-hydrogen) atoms. The van der Waals surface area contributed by atoms with E-state index in [-0.39, 0.29) is 18.0 Å². The Morgan fingerprint density at radius 3 is 2.63 bits per heavy atom. The third-order valence-electron chi connectivity index (χ3n) is 3.04. The van der Waals surface area contributed by atoms with Crippen LogP contribution in [0.2, 0.25) is 0 Å². The van der Waals surface area contributed by atoms with E-state index in [2.05, 4.69) is 0 Å². The number of imidazole rings is 1. The third kappa shape index (κ3) is 3.02. The Morgan fingerprint density at radius 2 is 1.95 bits per heavy atom. The normalized spacial score (nSPS) is 10.6. The highest BCUT2D eigenvalue weighted by Crippen LogP contribution is 2.05. The maximum absolute atomic E-state index is 12.1. The Labute approximate surface area is 112 Å². The predicted molar refractivity (Wildman–Crippen MR) is 74.5 cm³/mol. The topological polar surface area (TPSA) is 44.0 Å². The summed E-state index contributed by atoms with van der Waals surface area (Å²) >= 11 is 0. The van der Waals surface area contributed by atoms with Crippen molar-refractivity contribution in [3.05, 3.63) is 58.3 Å². The van der Waals surface area contributed by atoms with E-state index in [0.717, 1.165) is 12.0 Å². The molecule has 100 valence electrons. The molecule has 1 heterocycles. The molecule has 0 atom stereocenters. The molecule has 0 unspecified atom stereocenters. The zero-order chi connectivity index (χ0) is 13.8. The van der Waals surface area contributed by atoms with Crippen molar-refractivity contribution in [3.8, 4) is 0 Å². The summed E-state index contributed by atoms with van der Waals surface area (Å²) < 4.78 is 3.09. The molecule has 0 spiro atoms. The molecule has 0 amide bonds. The molecular formula is C15H18N2O2. The van der Waals surface area contributed by atoms with E-state index in [4.69, 9.17) is 0 Å². The van der Waals surface area contributed by atoms with Crippen LogP contribution in [0.15, 0.2) is 41.5 Å². The zero-order valence-electron chi connectivity index (χ0n) is 11.3. The second-order valence-electron chi connectivity index (χ2n) is 4.69. The Bertz CT molecular complexity index is 638. The fourth-order valence-electron chi connectivity index (χ4n) is 2.05. The van der Waals surface area contributed by atoms with Crippen LogP contribution in [0, 0.1) is 6.92 Å². The summed E-state index contributed by atoms with van der Waals surface area (Å²) in [5, 5.41) is 0. The number of ketones is 1. The van der Waals surface area contributed by atoms with Gasteiger partial charge in [0.2, 0.25) is 0 Å². The lowest BCUT2D eigenvalue weighted by atomic mass is 10.1. The van der Waals surface area contributed by atoms with Gasteiger partial charge in [-0.15, -0.1) is 0 Å². The average molecular weight is 258 g/mol. The largest absolute Gasteiger partial charge is 0.328 e. The maximum Gasteiger partial charge on any atom is 0.328 e. The van der Waals surface area contributed by atoms with Crippen LogP contribution in [0.25, 0.3) is 0 Å². The van der Waals surface area contributed by atoms with Gasteiger partial charge in [-0.3, -0.25) is 13.9 Å². The highest BCUT2D eigenvalue weighted by atomic mass is 16.2. The van der Waals surface area contributed by atoms with Crippen molar-refractivity contribution in [2.45, 2.75) is 33.4 Å². The SMILES string of the molecule is CCCn1ccn(CC(=O)c2cccc(C)c2)c1=O. The summed E-state index contributed by atoms with van der Waals surface area (Å²) in [5.74, 6) is -0.0416. The summed E-state index contributed by atoms with van der Waals surface area (Å²) in [6.07, 6.45) is 4.30. The van der Waals surface area contributed by atoms with Crippen molar-refractivity contribution in [1.29, 1.82) is 0 Å². The van der Waals surface area contributed by atoms with E-state index in [0.29, 0.717) is 12.1 Å². The first kappa shape index (κ1) is 13.3. The van der Waals surface area contributed by atoms with Crippen molar-refractivity contribution in [3.63, 3.8) is 0 Å². The van der Waals surface area contributed by atoms with Gasteiger partial charge in [0, 0.05) is 24.5 Å². The molecule has 0 aliphatic heterocycles. The fraction of sp³-hybridized carbons (Fsp3) is 0.333. The number of carbonyl (C=O) groups is 1. The molecule has 0 aliphatic carbocycles. The van der Waals surface area contributed by atoms with E-state index < -0.39 is 0 Å². The van der Waals surface area contributed by atoms with Gasteiger partial charge in [0.05, 0.1) is 6.54 Å². The maximum atomic E-state index is 12.1. The third-order valence-corrected chi connectivity index (χ3v) is 3.04. The number of Topliss-reactive ketones (excluding diaryl/α,β-unsaturated/α-hetero) is 1. The molecule has 0 saturated heterocycles. The number of hydrogen-bond acceptors (Lipinski definition) is 2. The van der Waals surface area contributed by atoms with Crippen LogP contribution < -0.4 is 5.69 Å². The van der Waals surface area contributed by atoms with Crippen LogP contribution in [0.4, 0.5) is 0 Å². The first-order valence-corrected chi connectivity index (χ1v) is 6.47. The van der Waals surface area contributed by atoms with Crippen LogP contribution in [-0.4, -0.2) is 14.9 Å². The summed E-state index contributed by atoms with van der Waals surface area (Å²) in [4.78, 5) is 24.1. The van der Waals surface area contributed by atoms with Crippen molar-refractivity contribution in [1.82, 2.24) is 9.13 Å². The van der Waals surface area contributed by atoms with Gasteiger partial charge in [0.15, 0.2) is 5.78 Å². The minimum atomic E-state index is -0.122. The number of nitrogens with zero attached hydrogens (tertiary/aromatic N) is 2. The summed E-state index contributed by atoms with van der Waals surface area (Å²) in [7, 11) is 0. The zero-order valence-corrected chi connectivity index (χ0v) is 11.3. The molecule has 1 aromatic carbocycles.